The van der Waals surface area contributed by atoms with Crippen molar-refractivity contribution in [2.75, 3.05) is 45.9 Å². The fourth-order valence-electron chi connectivity index (χ4n) is 4.11. The summed E-state index contributed by atoms with van der Waals surface area (Å²) in [5.41, 5.74) is 0.409. The van der Waals surface area contributed by atoms with Gasteiger partial charge in [-0.3, -0.25) is 0 Å². The van der Waals surface area contributed by atoms with Crippen molar-refractivity contribution in [3.8, 4) is 0 Å². The molecular formula is C19H29FN2O2. The number of nitrogens with zero attached hydrogens (tertiary/aromatic N) is 2. The van der Waals surface area contributed by atoms with E-state index in [1.54, 1.807) is 12.1 Å². The van der Waals surface area contributed by atoms with E-state index in [9.17, 15) is 14.6 Å². The fraction of sp³-hybridized carbons (Fsp3) is 0.684. The van der Waals surface area contributed by atoms with Gasteiger partial charge in [-0.15, -0.1) is 0 Å². The Morgan fingerprint density at radius 1 is 1.04 bits per heavy atom. The summed E-state index contributed by atoms with van der Waals surface area (Å²) in [6.45, 7) is 5.95. The van der Waals surface area contributed by atoms with Crippen LogP contribution >= 0.6 is 0 Å². The number of aliphatic hydroxyl groups is 2. The Morgan fingerprint density at radius 2 is 1.71 bits per heavy atom. The molecule has 1 aromatic carbocycles. The number of hydrogen-bond acceptors (Lipinski definition) is 4. The number of likely N-dealkylation sites (tertiary alicyclic amines) is 2. The summed E-state index contributed by atoms with van der Waals surface area (Å²) >= 11 is 0. The van der Waals surface area contributed by atoms with E-state index >= 15 is 0 Å². The maximum absolute atomic E-state index is 13.1. The summed E-state index contributed by atoms with van der Waals surface area (Å²) in [7, 11) is 0. The van der Waals surface area contributed by atoms with E-state index in [0.717, 1.165) is 25.2 Å². The molecule has 2 heterocycles. The van der Waals surface area contributed by atoms with Crippen molar-refractivity contribution in [1.29, 1.82) is 0 Å². The topological polar surface area (TPSA) is 46.9 Å². The van der Waals surface area contributed by atoms with Crippen molar-refractivity contribution in [2.24, 2.45) is 5.41 Å². The first-order valence-corrected chi connectivity index (χ1v) is 9.09. The first-order valence-electron chi connectivity index (χ1n) is 9.09. The Bertz CT molecular complexity index is 519. The highest BCUT2D eigenvalue weighted by Gasteiger charge is 2.42. The molecule has 134 valence electrons. The normalized spacial score (nSPS) is 29.2. The van der Waals surface area contributed by atoms with Crippen LogP contribution in [0.2, 0.25) is 0 Å². The molecule has 0 saturated carbocycles. The Morgan fingerprint density at radius 3 is 2.38 bits per heavy atom. The number of halogens is 1. The molecule has 2 saturated heterocycles. The quantitative estimate of drug-likeness (QED) is 0.827. The van der Waals surface area contributed by atoms with Gasteiger partial charge in [0.1, 0.15) is 5.82 Å². The number of rotatable bonds is 6. The van der Waals surface area contributed by atoms with Crippen LogP contribution in [0.5, 0.6) is 0 Å². The Balaban J connectivity index is 1.63. The standard InChI is InChI=1S/C19H29FN2O2/c20-17-5-3-16(4-6-17)13-19(15-23)14-22(10-7-18(19)24)12-11-21-8-1-2-9-21/h3-6,18,23-24H,1-2,7-15H2/t18-,19-/m0/s1. The molecule has 0 spiro atoms. The van der Waals surface area contributed by atoms with Crippen molar-refractivity contribution in [2.45, 2.75) is 31.8 Å². The molecule has 1 aromatic rings. The molecule has 3 rings (SSSR count). The molecule has 2 aliphatic heterocycles. The maximum Gasteiger partial charge on any atom is 0.123 e. The van der Waals surface area contributed by atoms with Gasteiger partial charge in [0.05, 0.1) is 12.7 Å². The van der Waals surface area contributed by atoms with Gasteiger partial charge in [0, 0.05) is 31.6 Å². The van der Waals surface area contributed by atoms with Crippen LogP contribution in [0.25, 0.3) is 0 Å². The predicted molar refractivity (Wildman–Crippen MR) is 92.4 cm³/mol. The zero-order chi connectivity index (χ0) is 17.0. The molecule has 0 aromatic heterocycles. The number of hydrogen-bond donors (Lipinski definition) is 2. The Kier molecular flexibility index (Phi) is 5.87. The molecule has 0 bridgehead atoms. The van der Waals surface area contributed by atoms with E-state index in [4.69, 9.17) is 0 Å². The second kappa shape index (κ2) is 7.91. The maximum atomic E-state index is 13.1. The minimum absolute atomic E-state index is 0.0498. The van der Waals surface area contributed by atoms with E-state index in [1.807, 2.05) is 0 Å². The highest BCUT2D eigenvalue weighted by molar-refractivity contribution is 5.19. The molecule has 4 nitrogen and oxygen atoms in total. The molecule has 0 radical (unpaired) electrons. The SMILES string of the molecule is OC[C@]1(Cc2ccc(F)cc2)CN(CCN2CCCC2)CC[C@@H]1O. The highest BCUT2D eigenvalue weighted by Crippen LogP contribution is 2.34. The molecule has 24 heavy (non-hydrogen) atoms. The van der Waals surface area contributed by atoms with Crippen molar-refractivity contribution in [1.82, 2.24) is 9.80 Å². The summed E-state index contributed by atoms with van der Waals surface area (Å²) in [6.07, 6.45) is 3.33. The van der Waals surface area contributed by atoms with E-state index < -0.39 is 11.5 Å². The molecule has 2 fully saturated rings. The highest BCUT2D eigenvalue weighted by atomic mass is 19.1. The zero-order valence-electron chi connectivity index (χ0n) is 14.3. The van der Waals surface area contributed by atoms with Gasteiger partial charge in [-0.1, -0.05) is 12.1 Å². The average molecular weight is 336 g/mol. The lowest BCUT2D eigenvalue weighted by Crippen LogP contribution is -2.55. The summed E-state index contributed by atoms with van der Waals surface area (Å²) in [5.74, 6) is -0.256. The van der Waals surface area contributed by atoms with Crippen molar-refractivity contribution in [3.05, 3.63) is 35.6 Å². The van der Waals surface area contributed by atoms with Crippen LogP contribution < -0.4 is 0 Å². The van der Waals surface area contributed by atoms with Gasteiger partial charge < -0.3 is 20.0 Å². The lowest BCUT2D eigenvalue weighted by Gasteiger charge is -2.45. The van der Waals surface area contributed by atoms with E-state index in [0.29, 0.717) is 19.4 Å². The molecule has 2 N–H and O–H groups in total. The minimum Gasteiger partial charge on any atom is -0.396 e. The van der Waals surface area contributed by atoms with Crippen LogP contribution in [0.1, 0.15) is 24.8 Å². The molecule has 0 aliphatic carbocycles. The second-order valence-electron chi connectivity index (χ2n) is 7.45. The summed E-state index contributed by atoms with van der Waals surface area (Å²) in [4.78, 5) is 4.86. The fourth-order valence-corrected chi connectivity index (χ4v) is 4.11. The Labute approximate surface area is 143 Å². The summed E-state index contributed by atoms with van der Waals surface area (Å²) < 4.78 is 13.1. The van der Waals surface area contributed by atoms with E-state index in [1.165, 1.54) is 38.1 Å². The third-order valence-electron chi connectivity index (χ3n) is 5.68. The van der Waals surface area contributed by atoms with Crippen LogP contribution in [0.4, 0.5) is 4.39 Å². The predicted octanol–water partition coefficient (Wildman–Crippen LogP) is 1.51. The van der Waals surface area contributed by atoms with Crippen LogP contribution in [0.15, 0.2) is 24.3 Å². The van der Waals surface area contributed by atoms with Crippen molar-refractivity contribution in [3.63, 3.8) is 0 Å². The van der Waals surface area contributed by atoms with Gasteiger partial charge >= 0.3 is 0 Å². The number of aliphatic hydroxyl groups excluding tert-OH is 2. The minimum atomic E-state index is -0.554. The molecule has 2 atom stereocenters. The molecule has 0 unspecified atom stereocenters. The Hall–Kier alpha value is -1.01. The van der Waals surface area contributed by atoms with Gasteiger partial charge in [0.25, 0.3) is 0 Å². The van der Waals surface area contributed by atoms with Crippen LogP contribution in [0, 0.1) is 11.2 Å². The summed E-state index contributed by atoms with van der Waals surface area (Å²) in [5, 5.41) is 20.6. The number of piperidine rings is 1. The van der Waals surface area contributed by atoms with Gasteiger partial charge in [-0.25, -0.2) is 4.39 Å². The van der Waals surface area contributed by atoms with Gasteiger partial charge in [-0.05, 0) is 56.5 Å². The lowest BCUT2D eigenvalue weighted by atomic mass is 9.73. The van der Waals surface area contributed by atoms with Gasteiger partial charge in [-0.2, -0.15) is 0 Å². The van der Waals surface area contributed by atoms with Gasteiger partial charge in [0.15, 0.2) is 0 Å². The van der Waals surface area contributed by atoms with Crippen LogP contribution in [-0.4, -0.2) is 72.0 Å². The second-order valence-corrected chi connectivity index (χ2v) is 7.45. The lowest BCUT2D eigenvalue weighted by molar-refractivity contribution is -0.0756. The van der Waals surface area contributed by atoms with E-state index in [-0.39, 0.29) is 12.4 Å². The monoisotopic (exact) mass is 336 g/mol. The first kappa shape index (κ1) is 17.8. The average Bonchev–Trinajstić information content (AvgIpc) is 3.11. The summed E-state index contributed by atoms with van der Waals surface area (Å²) in [6, 6.07) is 6.40. The molecular weight excluding hydrogens is 307 g/mol. The number of benzene rings is 1. The third kappa shape index (κ3) is 4.14. The molecule has 2 aliphatic rings. The van der Waals surface area contributed by atoms with Gasteiger partial charge in [0.2, 0.25) is 0 Å². The molecule has 0 amide bonds. The smallest absolute Gasteiger partial charge is 0.123 e. The zero-order valence-corrected chi connectivity index (χ0v) is 14.3. The van der Waals surface area contributed by atoms with Crippen LogP contribution in [-0.2, 0) is 6.42 Å². The first-order chi connectivity index (χ1) is 11.6. The van der Waals surface area contributed by atoms with Crippen LogP contribution in [0.3, 0.4) is 0 Å². The third-order valence-corrected chi connectivity index (χ3v) is 5.68. The van der Waals surface area contributed by atoms with Crippen molar-refractivity contribution >= 4 is 0 Å². The van der Waals surface area contributed by atoms with E-state index in [2.05, 4.69) is 9.80 Å². The van der Waals surface area contributed by atoms with Crippen molar-refractivity contribution < 1.29 is 14.6 Å². The largest absolute Gasteiger partial charge is 0.396 e. The molecule has 5 heteroatoms.